The van der Waals surface area contributed by atoms with Crippen LogP contribution in [0.2, 0.25) is 0 Å². The lowest BCUT2D eigenvalue weighted by Crippen LogP contribution is -2.32. The average molecular weight is 245 g/mol. The molecular weight excluding hydrogens is 230 g/mol. The first-order valence-corrected chi connectivity index (χ1v) is 5.94. The van der Waals surface area contributed by atoms with Gasteiger partial charge in [-0.05, 0) is 31.1 Å². The van der Waals surface area contributed by atoms with Crippen molar-refractivity contribution in [2.75, 3.05) is 13.2 Å². The molecule has 0 bridgehead atoms. The highest BCUT2D eigenvalue weighted by Crippen LogP contribution is 2.11. The summed E-state index contributed by atoms with van der Waals surface area (Å²) in [6, 6.07) is 5.51. The van der Waals surface area contributed by atoms with Crippen LogP contribution in [0.3, 0.4) is 0 Å². The summed E-state index contributed by atoms with van der Waals surface area (Å²) in [6.07, 6.45) is 5.35. The van der Waals surface area contributed by atoms with Gasteiger partial charge in [0.05, 0.1) is 6.10 Å². The molecule has 2 heterocycles. The van der Waals surface area contributed by atoms with Crippen LogP contribution in [0.5, 0.6) is 0 Å². The van der Waals surface area contributed by atoms with Crippen LogP contribution < -0.4 is 5.32 Å². The summed E-state index contributed by atoms with van der Waals surface area (Å²) < 4.78 is 5.40. The number of aromatic amines is 1. The van der Waals surface area contributed by atoms with Gasteiger partial charge in [-0.1, -0.05) is 0 Å². The van der Waals surface area contributed by atoms with E-state index in [9.17, 15) is 4.79 Å². The molecule has 5 nitrogen and oxygen atoms in total. The number of hydrogen-bond donors (Lipinski definition) is 2. The van der Waals surface area contributed by atoms with Gasteiger partial charge in [0.25, 0.3) is 5.91 Å². The van der Waals surface area contributed by atoms with Gasteiger partial charge in [-0.15, -0.1) is 0 Å². The first kappa shape index (κ1) is 12.4. The summed E-state index contributed by atoms with van der Waals surface area (Å²) in [6.45, 7) is 1.21. The maximum atomic E-state index is 11.8. The molecule has 5 heteroatoms. The van der Waals surface area contributed by atoms with Gasteiger partial charge in [0, 0.05) is 25.0 Å². The number of carbonyl (C=O) groups is 1. The van der Waals surface area contributed by atoms with Gasteiger partial charge in [0.2, 0.25) is 0 Å². The van der Waals surface area contributed by atoms with Crippen LogP contribution in [-0.2, 0) is 9.53 Å². The monoisotopic (exact) mass is 245 g/mol. The van der Waals surface area contributed by atoms with Crippen LogP contribution in [0, 0.1) is 11.3 Å². The second-order valence-corrected chi connectivity index (χ2v) is 4.14. The zero-order valence-corrected chi connectivity index (χ0v) is 9.98. The van der Waals surface area contributed by atoms with E-state index < -0.39 is 0 Å². The molecule has 1 unspecified atom stereocenters. The molecule has 1 aliphatic heterocycles. The number of H-pyrrole nitrogens is 1. The van der Waals surface area contributed by atoms with E-state index in [1.807, 2.05) is 12.1 Å². The van der Waals surface area contributed by atoms with Crippen molar-refractivity contribution in [1.82, 2.24) is 10.3 Å². The Morgan fingerprint density at radius 3 is 3.22 bits per heavy atom. The summed E-state index contributed by atoms with van der Waals surface area (Å²) in [7, 11) is 0. The van der Waals surface area contributed by atoms with E-state index >= 15 is 0 Å². The smallest absolute Gasteiger partial charge is 0.262 e. The quantitative estimate of drug-likeness (QED) is 0.618. The van der Waals surface area contributed by atoms with Gasteiger partial charge in [-0.2, -0.15) is 5.26 Å². The zero-order valence-electron chi connectivity index (χ0n) is 9.98. The number of nitriles is 1. The van der Waals surface area contributed by atoms with Gasteiger partial charge in [0.1, 0.15) is 11.6 Å². The fourth-order valence-corrected chi connectivity index (χ4v) is 1.85. The first-order valence-electron chi connectivity index (χ1n) is 5.94. The van der Waals surface area contributed by atoms with E-state index in [2.05, 4.69) is 10.3 Å². The lowest BCUT2D eigenvalue weighted by molar-refractivity contribution is -0.117. The van der Waals surface area contributed by atoms with E-state index in [0.29, 0.717) is 6.54 Å². The standard InChI is InChI=1S/C13H15N3O2/c14-8-10(7-11-3-1-5-15-11)13(17)16-9-12-4-2-6-18-12/h1,3,5,7,12,15H,2,4,6,9H2,(H,16,17). The van der Waals surface area contributed by atoms with Gasteiger partial charge in [0.15, 0.2) is 0 Å². The Kier molecular flexibility index (Phi) is 4.15. The number of nitrogens with zero attached hydrogens (tertiary/aromatic N) is 1. The topological polar surface area (TPSA) is 77.9 Å². The molecule has 1 aromatic heterocycles. The largest absolute Gasteiger partial charge is 0.376 e. The molecule has 1 atom stereocenters. The van der Waals surface area contributed by atoms with E-state index in [1.165, 1.54) is 6.08 Å². The number of carbonyl (C=O) groups excluding carboxylic acids is 1. The average Bonchev–Trinajstić information content (AvgIpc) is 3.06. The molecular formula is C13H15N3O2. The zero-order chi connectivity index (χ0) is 12.8. The van der Waals surface area contributed by atoms with Crippen molar-refractivity contribution in [3.63, 3.8) is 0 Å². The highest BCUT2D eigenvalue weighted by atomic mass is 16.5. The molecule has 2 rings (SSSR count). The number of hydrogen-bond acceptors (Lipinski definition) is 3. The van der Waals surface area contributed by atoms with Crippen molar-refractivity contribution in [2.24, 2.45) is 0 Å². The van der Waals surface area contributed by atoms with Gasteiger partial charge >= 0.3 is 0 Å². The second kappa shape index (κ2) is 6.03. The molecule has 0 spiro atoms. The van der Waals surface area contributed by atoms with Crippen molar-refractivity contribution in [3.05, 3.63) is 29.6 Å². The number of aromatic nitrogens is 1. The highest BCUT2D eigenvalue weighted by molar-refractivity contribution is 6.01. The number of rotatable bonds is 4. The molecule has 94 valence electrons. The molecule has 1 aliphatic rings. The Morgan fingerprint density at radius 2 is 2.61 bits per heavy atom. The second-order valence-electron chi connectivity index (χ2n) is 4.14. The normalized spacial score (nSPS) is 19.5. The molecule has 1 saturated heterocycles. The Balaban J connectivity index is 1.91. The minimum absolute atomic E-state index is 0.0828. The van der Waals surface area contributed by atoms with E-state index in [-0.39, 0.29) is 17.6 Å². The molecule has 1 aromatic rings. The Hall–Kier alpha value is -2.06. The van der Waals surface area contributed by atoms with Crippen LogP contribution in [0.25, 0.3) is 6.08 Å². The molecule has 0 saturated carbocycles. The third-order valence-electron chi connectivity index (χ3n) is 2.80. The Bertz CT molecular complexity index is 465. The predicted molar refractivity (Wildman–Crippen MR) is 66.4 cm³/mol. The summed E-state index contributed by atoms with van der Waals surface area (Å²) >= 11 is 0. The van der Waals surface area contributed by atoms with Crippen LogP contribution in [-0.4, -0.2) is 30.1 Å². The van der Waals surface area contributed by atoms with Crippen LogP contribution in [0.1, 0.15) is 18.5 Å². The lowest BCUT2D eigenvalue weighted by atomic mass is 10.2. The number of ether oxygens (including phenoxy) is 1. The highest BCUT2D eigenvalue weighted by Gasteiger charge is 2.17. The van der Waals surface area contributed by atoms with Crippen molar-refractivity contribution in [1.29, 1.82) is 5.26 Å². The summed E-state index contributed by atoms with van der Waals surface area (Å²) in [4.78, 5) is 14.7. The van der Waals surface area contributed by atoms with Crippen LogP contribution >= 0.6 is 0 Å². The maximum absolute atomic E-state index is 11.8. The van der Waals surface area contributed by atoms with Crippen LogP contribution in [0.15, 0.2) is 23.9 Å². The van der Waals surface area contributed by atoms with Crippen molar-refractivity contribution in [3.8, 4) is 6.07 Å². The molecule has 0 aromatic carbocycles. The predicted octanol–water partition coefficient (Wildman–Crippen LogP) is 1.22. The molecule has 18 heavy (non-hydrogen) atoms. The first-order chi connectivity index (χ1) is 8.79. The number of nitrogens with one attached hydrogen (secondary N) is 2. The Labute approximate surface area is 105 Å². The van der Waals surface area contributed by atoms with Crippen molar-refractivity contribution >= 4 is 12.0 Å². The van der Waals surface area contributed by atoms with Gasteiger partial charge in [-0.25, -0.2) is 0 Å². The minimum Gasteiger partial charge on any atom is -0.376 e. The Morgan fingerprint density at radius 1 is 1.72 bits per heavy atom. The molecule has 1 amide bonds. The molecule has 2 N–H and O–H groups in total. The van der Waals surface area contributed by atoms with Crippen LogP contribution in [0.4, 0.5) is 0 Å². The van der Waals surface area contributed by atoms with E-state index in [1.54, 1.807) is 12.3 Å². The van der Waals surface area contributed by atoms with Crippen molar-refractivity contribution < 1.29 is 9.53 Å². The summed E-state index contributed by atoms with van der Waals surface area (Å²) in [5.74, 6) is -0.359. The van der Waals surface area contributed by atoms with Gasteiger partial charge < -0.3 is 15.0 Å². The van der Waals surface area contributed by atoms with E-state index in [0.717, 1.165) is 25.1 Å². The third kappa shape index (κ3) is 3.22. The fraction of sp³-hybridized carbons (Fsp3) is 0.385. The van der Waals surface area contributed by atoms with E-state index in [4.69, 9.17) is 10.00 Å². The van der Waals surface area contributed by atoms with Crippen molar-refractivity contribution in [2.45, 2.75) is 18.9 Å². The minimum atomic E-state index is -0.359. The summed E-state index contributed by atoms with van der Waals surface area (Å²) in [5.41, 5.74) is 0.828. The summed E-state index contributed by atoms with van der Waals surface area (Å²) in [5, 5.41) is 11.7. The van der Waals surface area contributed by atoms with Gasteiger partial charge in [-0.3, -0.25) is 4.79 Å². The molecule has 1 fully saturated rings. The molecule has 0 radical (unpaired) electrons. The fourth-order valence-electron chi connectivity index (χ4n) is 1.85. The lowest BCUT2D eigenvalue weighted by Gasteiger charge is -2.09. The third-order valence-corrected chi connectivity index (χ3v) is 2.80. The SMILES string of the molecule is N#CC(=Cc1ccc[nH]1)C(=O)NCC1CCCO1. The maximum Gasteiger partial charge on any atom is 0.262 e. The molecule has 0 aliphatic carbocycles. The number of amides is 1.